The molecule has 0 N–H and O–H groups in total. The van der Waals surface area contributed by atoms with Gasteiger partial charge < -0.3 is 4.57 Å². The number of hydrogen-bond donors (Lipinski definition) is 0. The maximum absolute atomic E-state index is 11.5. The number of allylic oxidation sites excluding steroid dienone is 1. The average molecular weight is 237 g/mol. The number of para-hydroxylation sites is 1. The molecular weight excluding hydrogens is 224 g/mol. The lowest BCUT2D eigenvalue weighted by Gasteiger charge is -2.04. The molecule has 4 heteroatoms. The molecule has 0 spiro atoms. The van der Waals surface area contributed by atoms with Gasteiger partial charge in [0.25, 0.3) is 5.56 Å². The van der Waals surface area contributed by atoms with Gasteiger partial charge in [-0.25, -0.2) is 0 Å². The van der Waals surface area contributed by atoms with Gasteiger partial charge in [0.1, 0.15) is 6.33 Å². The van der Waals surface area contributed by atoms with Gasteiger partial charge in [-0.2, -0.15) is 4.98 Å². The summed E-state index contributed by atoms with van der Waals surface area (Å²) in [6, 6.07) is 7.47. The Morgan fingerprint density at radius 1 is 1.31 bits per heavy atom. The molecule has 0 aliphatic carbocycles. The van der Waals surface area contributed by atoms with Crippen LogP contribution in [0.1, 0.15) is 13.8 Å². The van der Waals surface area contributed by atoms with Crippen molar-refractivity contribution < 1.29 is 0 Å². The Hall–Kier alpha value is -1.61. The van der Waals surface area contributed by atoms with Gasteiger partial charge in [-0.1, -0.05) is 17.7 Å². The molecule has 1 aromatic heterocycles. The lowest BCUT2D eigenvalue weighted by atomic mass is 10.2. The topological polar surface area (TPSA) is 34.9 Å². The highest BCUT2D eigenvalue weighted by atomic mass is 35.5. The molecule has 3 nitrogen and oxygen atoms in total. The highest BCUT2D eigenvalue weighted by Crippen LogP contribution is 2.09. The van der Waals surface area contributed by atoms with Gasteiger partial charge in [0, 0.05) is 6.20 Å². The fourth-order valence-corrected chi connectivity index (χ4v) is 1.51. The Bertz CT molecular complexity index is 583. The van der Waals surface area contributed by atoms with E-state index in [0.717, 1.165) is 11.1 Å². The molecule has 0 radical (unpaired) electrons. The summed E-state index contributed by atoms with van der Waals surface area (Å²) >= 11 is 0. The van der Waals surface area contributed by atoms with Gasteiger partial charge in [-0.15, -0.1) is 12.4 Å². The van der Waals surface area contributed by atoms with Crippen LogP contribution in [0.4, 0.5) is 0 Å². The molecule has 84 valence electrons. The van der Waals surface area contributed by atoms with E-state index in [1.807, 2.05) is 42.8 Å². The van der Waals surface area contributed by atoms with Crippen LogP contribution in [-0.4, -0.2) is 9.55 Å². The average Bonchev–Trinajstić information content (AvgIpc) is 2.22. The van der Waals surface area contributed by atoms with E-state index < -0.39 is 0 Å². The molecule has 0 bridgehead atoms. The van der Waals surface area contributed by atoms with Gasteiger partial charge in [0.05, 0.1) is 10.9 Å². The van der Waals surface area contributed by atoms with Gasteiger partial charge >= 0.3 is 0 Å². The van der Waals surface area contributed by atoms with Crippen molar-refractivity contribution in [1.29, 1.82) is 0 Å². The van der Waals surface area contributed by atoms with E-state index in [2.05, 4.69) is 4.98 Å². The van der Waals surface area contributed by atoms with Gasteiger partial charge in [-0.05, 0) is 26.0 Å². The first-order chi connectivity index (χ1) is 7.18. The number of halogens is 1. The zero-order chi connectivity index (χ0) is 10.8. The van der Waals surface area contributed by atoms with Crippen LogP contribution in [0.5, 0.6) is 0 Å². The molecule has 2 rings (SSSR count). The van der Waals surface area contributed by atoms with Crippen molar-refractivity contribution >= 4 is 29.5 Å². The molecule has 1 heterocycles. The second kappa shape index (κ2) is 4.94. The van der Waals surface area contributed by atoms with Crippen LogP contribution in [0.25, 0.3) is 17.1 Å². The molecule has 0 saturated carbocycles. The zero-order valence-corrected chi connectivity index (χ0v) is 9.99. The standard InChI is InChI=1S/C12H12N2O.ClH/c1-9(2)7-14-8-13-12(15)10-5-3-4-6-11(10)14;/h3-8H,1-2H3;1H. The maximum atomic E-state index is 11.5. The third-order valence-electron chi connectivity index (χ3n) is 2.11. The summed E-state index contributed by atoms with van der Waals surface area (Å²) < 4.78 is 1.87. The van der Waals surface area contributed by atoms with E-state index in [1.54, 1.807) is 12.4 Å². The Morgan fingerprint density at radius 3 is 2.69 bits per heavy atom. The lowest BCUT2D eigenvalue weighted by molar-refractivity contribution is 1.06. The fraction of sp³-hybridized carbons (Fsp3) is 0.167. The van der Waals surface area contributed by atoms with Crippen molar-refractivity contribution in [1.82, 2.24) is 9.55 Å². The van der Waals surface area contributed by atoms with Crippen LogP contribution in [0, 0.1) is 0 Å². The molecule has 16 heavy (non-hydrogen) atoms. The predicted octanol–water partition coefficient (Wildman–Crippen LogP) is 2.70. The summed E-state index contributed by atoms with van der Waals surface area (Å²) in [5.41, 5.74) is 1.87. The molecule has 0 atom stereocenters. The Labute approximate surface area is 99.8 Å². The predicted molar refractivity (Wildman–Crippen MR) is 68.9 cm³/mol. The van der Waals surface area contributed by atoms with Crippen LogP contribution >= 0.6 is 12.4 Å². The minimum absolute atomic E-state index is 0. The molecule has 0 unspecified atom stereocenters. The van der Waals surface area contributed by atoms with Gasteiger partial charge in [0.2, 0.25) is 0 Å². The number of rotatable bonds is 1. The van der Waals surface area contributed by atoms with Crippen molar-refractivity contribution in [2.45, 2.75) is 13.8 Å². The second-order valence-corrected chi connectivity index (χ2v) is 3.68. The molecule has 0 aliphatic heterocycles. The molecule has 0 amide bonds. The fourth-order valence-electron chi connectivity index (χ4n) is 1.51. The largest absolute Gasteiger partial charge is 0.307 e. The summed E-state index contributed by atoms with van der Waals surface area (Å²) in [5.74, 6) is 0. The quantitative estimate of drug-likeness (QED) is 0.763. The number of aromatic nitrogens is 2. The van der Waals surface area contributed by atoms with E-state index in [9.17, 15) is 4.79 Å². The number of hydrogen-bond acceptors (Lipinski definition) is 2. The van der Waals surface area contributed by atoms with Crippen LogP contribution < -0.4 is 5.56 Å². The van der Waals surface area contributed by atoms with Gasteiger partial charge in [-0.3, -0.25) is 4.79 Å². The minimum atomic E-state index is -0.177. The van der Waals surface area contributed by atoms with E-state index in [4.69, 9.17) is 0 Å². The molecule has 0 aliphatic rings. The van der Waals surface area contributed by atoms with Gasteiger partial charge in [0.15, 0.2) is 0 Å². The Morgan fingerprint density at radius 2 is 2.00 bits per heavy atom. The number of benzene rings is 1. The van der Waals surface area contributed by atoms with Crippen molar-refractivity contribution in [3.05, 3.63) is 46.5 Å². The maximum Gasteiger partial charge on any atom is 0.280 e. The van der Waals surface area contributed by atoms with Crippen molar-refractivity contribution in [3.63, 3.8) is 0 Å². The Balaban J connectivity index is 0.00000128. The third kappa shape index (κ3) is 2.31. The third-order valence-corrected chi connectivity index (χ3v) is 2.11. The van der Waals surface area contributed by atoms with E-state index in [1.165, 1.54) is 0 Å². The first-order valence-electron chi connectivity index (χ1n) is 4.79. The molecule has 0 saturated heterocycles. The summed E-state index contributed by atoms with van der Waals surface area (Å²) in [6.07, 6.45) is 3.51. The van der Waals surface area contributed by atoms with Crippen molar-refractivity contribution in [3.8, 4) is 0 Å². The highest BCUT2D eigenvalue weighted by Gasteiger charge is 2.00. The Kier molecular flexibility index (Phi) is 3.85. The van der Waals surface area contributed by atoms with E-state index in [-0.39, 0.29) is 18.0 Å². The monoisotopic (exact) mass is 236 g/mol. The first-order valence-corrected chi connectivity index (χ1v) is 4.79. The summed E-state index contributed by atoms with van der Waals surface area (Å²) in [6.45, 7) is 4.01. The zero-order valence-electron chi connectivity index (χ0n) is 9.18. The van der Waals surface area contributed by atoms with E-state index >= 15 is 0 Å². The number of nitrogens with zero attached hydrogens (tertiary/aromatic N) is 2. The summed E-state index contributed by atoms with van der Waals surface area (Å²) in [4.78, 5) is 15.3. The molecule has 2 aromatic rings. The van der Waals surface area contributed by atoms with E-state index in [0.29, 0.717) is 5.39 Å². The normalized spacial score (nSPS) is 9.62. The lowest BCUT2D eigenvalue weighted by Crippen LogP contribution is -2.09. The summed E-state index contributed by atoms with van der Waals surface area (Å²) in [5, 5.41) is 0.650. The first kappa shape index (κ1) is 12.5. The smallest absolute Gasteiger partial charge is 0.280 e. The van der Waals surface area contributed by atoms with Crippen LogP contribution in [0.2, 0.25) is 0 Å². The highest BCUT2D eigenvalue weighted by molar-refractivity contribution is 5.85. The van der Waals surface area contributed by atoms with Crippen LogP contribution in [0.15, 0.2) is 41.0 Å². The van der Waals surface area contributed by atoms with Crippen LogP contribution in [-0.2, 0) is 0 Å². The SMILES string of the molecule is CC(C)=Cn1cnc(=O)c2ccccc21.Cl. The molecule has 1 aromatic carbocycles. The molecular formula is C12H13ClN2O. The summed E-state index contributed by atoms with van der Waals surface area (Å²) in [7, 11) is 0. The van der Waals surface area contributed by atoms with Crippen molar-refractivity contribution in [2.24, 2.45) is 0 Å². The number of fused-ring (bicyclic) bond motifs is 1. The minimum Gasteiger partial charge on any atom is -0.307 e. The van der Waals surface area contributed by atoms with Crippen LogP contribution in [0.3, 0.4) is 0 Å². The molecule has 0 fully saturated rings. The second-order valence-electron chi connectivity index (χ2n) is 3.68. The van der Waals surface area contributed by atoms with Crippen molar-refractivity contribution in [2.75, 3.05) is 0 Å².